The molecule has 0 amide bonds. The number of aromatic nitrogens is 2. The van der Waals surface area contributed by atoms with Gasteiger partial charge in [-0.15, -0.1) is 0 Å². The maximum Gasteiger partial charge on any atom is 0.240 e. The lowest BCUT2D eigenvalue weighted by Crippen LogP contribution is -2.21. The molecule has 2 N–H and O–H groups in total. The number of rotatable bonds is 6. The Hall–Kier alpha value is -1.72. The van der Waals surface area contributed by atoms with Gasteiger partial charge >= 0.3 is 0 Å². The van der Waals surface area contributed by atoms with Crippen LogP contribution in [0.2, 0.25) is 0 Å². The third-order valence-electron chi connectivity index (χ3n) is 3.16. The third kappa shape index (κ3) is 3.39. The van der Waals surface area contributed by atoms with Crippen LogP contribution in [0.25, 0.3) is 11.4 Å². The molecule has 0 fully saturated rings. The third-order valence-corrected chi connectivity index (χ3v) is 3.16. The minimum absolute atomic E-state index is 0.271. The van der Waals surface area contributed by atoms with Gasteiger partial charge in [-0.1, -0.05) is 43.3 Å². The van der Waals surface area contributed by atoms with Gasteiger partial charge in [-0.05, 0) is 18.7 Å². The summed E-state index contributed by atoms with van der Waals surface area (Å²) in [4.78, 5) is 6.58. The number of benzene rings is 1. The highest BCUT2D eigenvalue weighted by Crippen LogP contribution is 2.17. The van der Waals surface area contributed by atoms with Crippen LogP contribution in [0.4, 0.5) is 0 Å². The predicted octanol–water partition coefficient (Wildman–Crippen LogP) is 2.04. The molecule has 5 nitrogen and oxygen atoms in total. The van der Waals surface area contributed by atoms with Gasteiger partial charge in [0.05, 0.1) is 6.54 Å². The van der Waals surface area contributed by atoms with Crippen molar-refractivity contribution in [3.8, 4) is 11.4 Å². The molecule has 102 valence electrons. The molecule has 0 atom stereocenters. The Balaban J connectivity index is 2.09. The molecule has 2 aromatic rings. The molecular weight excluding hydrogens is 240 g/mol. The summed E-state index contributed by atoms with van der Waals surface area (Å²) in [7, 11) is 0. The van der Waals surface area contributed by atoms with E-state index in [-0.39, 0.29) is 6.54 Å². The molecule has 0 radical (unpaired) electrons. The largest absolute Gasteiger partial charge is 0.338 e. The summed E-state index contributed by atoms with van der Waals surface area (Å²) in [6.07, 6.45) is 0. The minimum Gasteiger partial charge on any atom is -0.338 e. The standard InChI is InChI=1S/C14H20N4O/c1-3-18(4-2)10-11-5-7-12(8-6-11)14-16-13(9-15)19-17-14/h5-8H,3-4,9-10,15H2,1-2H3. The molecule has 0 saturated carbocycles. The zero-order chi connectivity index (χ0) is 13.7. The smallest absolute Gasteiger partial charge is 0.240 e. The highest BCUT2D eigenvalue weighted by molar-refractivity contribution is 5.54. The average Bonchev–Trinajstić information content (AvgIpc) is 2.94. The highest BCUT2D eigenvalue weighted by Gasteiger charge is 2.07. The van der Waals surface area contributed by atoms with Gasteiger partial charge < -0.3 is 10.3 Å². The fourth-order valence-electron chi connectivity index (χ4n) is 1.92. The maximum atomic E-state index is 5.45. The first-order chi connectivity index (χ1) is 9.26. The van der Waals surface area contributed by atoms with Crippen molar-refractivity contribution in [2.75, 3.05) is 13.1 Å². The highest BCUT2D eigenvalue weighted by atomic mass is 16.5. The molecule has 0 spiro atoms. The monoisotopic (exact) mass is 260 g/mol. The molecule has 0 aliphatic carbocycles. The Morgan fingerprint density at radius 3 is 2.37 bits per heavy atom. The van der Waals surface area contributed by atoms with E-state index in [4.69, 9.17) is 10.3 Å². The summed E-state index contributed by atoms with van der Waals surface area (Å²) in [6.45, 7) is 7.70. The van der Waals surface area contributed by atoms with Crippen molar-refractivity contribution in [2.45, 2.75) is 26.9 Å². The Morgan fingerprint density at radius 1 is 1.16 bits per heavy atom. The van der Waals surface area contributed by atoms with Crippen LogP contribution in [0.15, 0.2) is 28.8 Å². The van der Waals surface area contributed by atoms with E-state index in [0.717, 1.165) is 25.2 Å². The summed E-state index contributed by atoms with van der Waals surface area (Å²) in [6, 6.07) is 8.24. The number of hydrogen-bond acceptors (Lipinski definition) is 5. The average molecular weight is 260 g/mol. The number of nitrogens with zero attached hydrogens (tertiary/aromatic N) is 3. The molecule has 2 rings (SSSR count). The Morgan fingerprint density at radius 2 is 1.84 bits per heavy atom. The normalized spacial score (nSPS) is 11.2. The van der Waals surface area contributed by atoms with Crippen LogP contribution < -0.4 is 5.73 Å². The van der Waals surface area contributed by atoms with Crippen LogP contribution in [0, 0.1) is 0 Å². The van der Waals surface area contributed by atoms with E-state index in [0.29, 0.717) is 11.7 Å². The summed E-state index contributed by atoms with van der Waals surface area (Å²) in [5, 5.41) is 3.90. The molecule has 0 saturated heterocycles. The lowest BCUT2D eigenvalue weighted by atomic mass is 10.1. The van der Waals surface area contributed by atoms with Crippen LogP contribution in [0.3, 0.4) is 0 Å². The topological polar surface area (TPSA) is 68.2 Å². The van der Waals surface area contributed by atoms with Crippen LogP contribution in [-0.2, 0) is 13.1 Å². The van der Waals surface area contributed by atoms with Crippen molar-refractivity contribution in [1.82, 2.24) is 15.0 Å². The number of nitrogens with two attached hydrogens (primary N) is 1. The predicted molar refractivity (Wildman–Crippen MR) is 74.3 cm³/mol. The van der Waals surface area contributed by atoms with Crippen molar-refractivity contribution in [3.63, 3.8) is 0 Å². The van der Waals surface area contributed by atoms with Gasteiger partial charge in [0.1, 0.15) is 0 Å². The second-order valence-electron chi connectivity index (χ2n) is 4.37. The molecule has 0 aliphatic rings. The van der Waals surface area contributed by atoms with Crippen LogP contribution in [-0.4, -0.2) is 28.1 Å². The van der Waals surface area contributed by atoms with Crippen molar-refractivity contribution in [2.24, 2.45) is 5.73 Å². The molecule has 1 heterocycles. The quantitative estimate of drug-likeness (QED) is 0.860. The lowest BCUT2D eigenvalue weighted by molar-refractivity contribution is 0.296. The summed E-state index contributed by atoms with van der Waals surface area (Å²) in [5.74, 6) is 1.05. The van der Waals surface area contributed by atoms with Gasteiger partial charge in [0.25, 0.3) is 0 Å². The molecule has 1 aromatic carbocycles. The minimum atomic E-state index is 0.271. The Bertz CT molecular complexity index is 502. The van der Waals surface area contributed by atoms with Crippen LogP contribution in [0.5, 0.6) is 0 Å². The van der Waals surface area contributed by atoms with Crippen molar-refractivity contribution in [3.05, 3.63) is 35.7 Å². The molecule has 0 unspecified atom stereocenters. The van der Waals surface area contributed by atoms with E-state index in [2.05, 4.69) is 41.0 Å². The molecule has 19 heavy (non-hydrogen) atoms. The first kappa shape index (κ1) is 13.7. The maximum absolute atomic E-state index is 5.45. The zero-order valence-electron chi connectivity index (χ0n) is 11.5. The molecule has 5 heteroatoms. The molecule has 1 aromatic heterocycles. The van der Waals surface area contributed by atoms with Gasteiger partial charge in [-0.3, -0.25) is 4.90 Å². The van der Waals surface area contributed by atoms with E-state index in [1.54, 1.807) is 0 Å². The second kappa shape index (κ2) is 6.45. The van der Waals surface area contributed by atoms with Crippen molar-refractivity contribution >= 4 is 0 Å². The van der Waals surface area contributed by atoms with E-state index in [1.165, 1.54) is 5.56 Å². The lowest BCUT2D eigenvalue weighted by Gasteiger charge is -2.17. The summed E-state index contributed by atoms with van der Waals surface area (Å²) in [5.41, 5.74) is 7.69. The molecule has 0 bridgehead atoms. The first-order valence-corrected chi connectivity index (χ1v) is 6.61. The van der Waals surface area contributed by atoms with Gasteiger partial charge in [-0.25, -0.2) is 0 Å². The Kier molecular flexibility index (Phi) is 4.65. The second-order valence-corrected chi connectivity index (χ2v) is 4.37. The fraction of sp³-hybridized carbons (Fsp3) is 0.429. The first-order valence-electron chi connectivity index (χ1n) is 6.61. The summed E-state index contributed by atoms with van der Waals surface area (Å²) >= 11 is 0. The van der Waals surface area contributed by atoms with Crippen LogP contribution >= 0.6 is 0 Å². The number of hydrogen-bond donors (Lipinski definition) is 1. The van der Waals surface area contributed by atoms with Gasteiger partial charge in [-0.2, -0.15) is 4.98 Å². The van der Waals surface area contributed by atoms with E-state index >= 15 is 0 Å². The van der Waals surface area contributed by atoms with Gasteiger partial charge in [0, 0.05) is 12.1 Å². The molecular formula is C14H20N4O. The van der Waals surface area contributed by atoms with Gasteiger partial charge in [0.2, 0.25) is 11.7 Å². The van der Waals surface area contributed by atoms with Crippen molar-refractivity contribution in [1.29, 1.82) is 0 Å². The van der Waals surface area contributed by atoms with Crippen molar-refractivity contribution < 1.29 is 4.52 Å². The van der Waals surface area contributed by atoms with E-state index in [9.17, 15) is 0 Å². The Labute approximate surface area is 113 Å². The van der Waals surface area contributed by atoms with Gasteiger partial charge in [0.15, 0.2) is 0 Å². The SMILES string of the molecule is CCN(CC)Cc1ccc(-c2noc(CN)n2)cc1. The van der Waals surface area contributed by atoms with Crippen LogP contribution in [0.1, 0.15) is 25.3 Å². The molecule has 0 aliphatic heterocycles. The zero-order valence-corrected chi connectivity index (χ0v) is 11.5. The fourth-order valence-corrected chi connectivity index (χ4v) is 1.92. The van der Waals surface area contributed by atoms with E-state index < -0.39 is 0 Å². The van der Waals surface area contributed by atoms with E-state index in [1.807, 2.05) is 12.1 Å². The summed E-state index contributed by atoms with van der Waals surface area (Å²) < 4.78 is 5.00.